The van der Waals surface area contributed by atoms with Crippen molar-refractivity contribution in [3.05, 3.63) is 83.9 Å². The van der Waals surface area contributed by atoms with E-state index in [0.29, 0.717) is 11.3 Å². The van der Waals surface area contributed by atoms with E-state index in [1.165, 1.54) is 24.3 Å². The van der Waals surface area contributed by atoms with Crippen LogP contribution in [0, 0.1) is 0 Å². The molecule has 0 aromatic heterocycles. The number of benzene rings is 3. The zero-order valence-corrected chi connectivity index (χ0v) is 13.0. The fourth-order valence-corrected chi connectivity index (χ4v) is 2.44. The minimum atomic E-state index is -4.41. The largest absolute Gasteiger partial charge is 0.416 e. The normalized spacial score (nSPS) is 11.8. The second-order valence-corrected chi connectivity index (χ2v) is 5.51. The van der Waals surface area contributed by atoms with Gasteiger partial charge >= 0.3 is 6.18 Å². The molecule has 0 heterocycles. The average Bonchev–Trinajstić information content (AvgIpc) is 2.59. The van der Waals surface area contributed by atoms with Gasteiger partial charge in [-0.25, -0.2) is 0 Å². The smallest absolute Gasteiger partial charge is 0.322 e. The Morgan fingerprint density at radius 3 is 2.40 bits per heavy atom. The van der Waals surface area contributed by atoms with Gasteiger partial charge in [0.1, 0.15) is 0 Å². The minimum Gasteiger partial charge on any atom is -0.322 e. The van der Waals surface area contributed by atoms with Crippen molar-refractivity contribution in [2.75, 3.05) is 5.32 Å². The Morgan fingerprint density at radius 2 is 1.64 bits per heavy atom. The van der Waals surface area contributed by atoms with Crippen LogP contribution >= 0.6 is 0 Å². The number of alkyl halides is 3. The van der Waals surface area contributed by atoms with Crippen LogP contribution in [0.1, 0.15) is 11.1 Å². The lowest BCUT2D eigenvalue weighted by molar-refractivity contribution is -0.137. The number of carbonyl (C=O) groups excluding carboxylic acids is 1. The van der Waals surface area contributed by atoms with E-state index in [0.717, 1.165) is 22.9 Å². The second-order valence-electron chi connectivity index (χ2n) is 5.51. The summed E-state index contributed by atoms with van der Waals surface area (Å²) in [5.41, 5.74) is 0.186. The van der Waals surface area contributed by atoms with Crippen molar-refractivity contribution >= 4 is 28.4 Å². The third-order valence-corrected chi connectivity index (χ3v) is 3.66. The van der Waals surface area contributed by atoms with E-state index in [4.69, 9.17) is 0 Å². The van der Waals surface area contributed by atoms with E-state index in [1.807, 2.05) is 36.4 Å². The number of halogens is 3. The fraction of sp³-hybridized carbons (Fsp3) is 0.0500. The van der Waals surface area contributed by atoms with E-state index >= 15 is 0 Å². The Morgan fingerprint density at radius 1 is 0.880 bits per heavy atom. The van der Waals surface area contributed by atoms with Crippen molar-refractivity contribution in [1.82, 2.24) is 0 Å². The Bertz CT molecular complexity index is 945. The van der Waals surface area contributed by atoms with Crippen LogP contribution in [0.3, 0.4) is 0 Å². The number of carbonyl (C=O) groups is 1. The molecule has 5 heteroatoms. The molecule has 0 saturated carbocycles. The molecule has 0 unspecified atom stereocenters. The van der Waals surface area contributed by atoms with Crippen LogP contribution in [0.25, 0.3) is 16.8 Å². The van der Waals surface area contributed by atoms with Gasteiger partial charge in [-0.3, -0.25) is 4.79 Å². The molecule has 0 radical (unpaired) electrons. The van der Waals surface area contributed by atoms with Gasteiger partial charge in [0, 0.05) is 11.8 Å². The molecule has 0 saturated heterocycles. The van der Waals surface area contributed by atoms with Gasteiger partial charge in [-0.05, 0) is 46.7 Å². The lowest BCUT2D eigenvalue weighted by Crippen LogP contribution is -2.07. The quantitative estimate of drug-likeness (QED) is 0.625. The summed E-state index contributed by atoms with van der Waals surface area (Å²) >= 11 is 0. The maximum Gasteiger partial charge on any atom is 0.416 e. The van der Waals surface area contributed by atoms with Gasteiger partial charge < -0.3 is 5.32 Å². The predicted molar refractivity (Wildman–Crippen MR) is 93.1 cm³/mol. The molecule has 0 atom stereocenters. The molecular weight excluding hydrogens is 327 g/mol. The molecule has 0 aliphatic carbocycles. The summed E-state index contributed by atoms with van der Waals surface area (Å²) in [6.07, 6.45) is -1.84. The highest BCUT2D eigenvalue weighted by atomic mass is 19.4. The van der Waals surface area contributed by atoms with Crippen molar-refractivity contribution in [3.8, 4) is 0 Å². The number of amides is 1. The summed E-state index contributed by atoms with van der Waals surface area (Å²) in [6, 6.07) is 18.0. The van der Waals surface area contributed by atoms with Crippen molar-refractivity contribution in [2.24, 2.45) is 0 Å². The molecule has 3 rings (SSSR count). The highest BCUT2D eigenvalue weighted by molar-refractivity contribution is 6.03. The Labute approximate surface area is 142 Å². The topological polar surface area (TPSA) is 29.1 Å². The lowest BCUT2D eigenvalue weighted by atomic mass is 10.1. The second kappa shape index (κ2) is 6.81. The summed E-state index contributed by atoms with van der Waals surface area (Å²) in [4.78, 5) is 12.0. The highest BCUT2D eigenvalue weighted by Gasteiger charge is 2.30. The van der Waals surface area contributed by atoms with Gasteiger partial charge in [-0.2, -0.15) is 13.2 Å². The maximum absolute atomic E-state index is 12.7. The maximum atomic E-state index is 12.7. The molecular formula is C20H14F3NO. The Kier molecular flexibility index (Phi) is 4.57. The van der Waals surface area contributed by atoms with E-state index < -0.39 is 17.6 Å². The standard InChI is InChI=1S/C20H14F3NO/c21-20(22,23)17-7-3-4-14(12-17)8-11-19(25)24-18-10-9-15-5-1-2-6-16(15)13-18/h1-13H,(H,24,25)/b11-8+. The molecule has 1 amide bonds. The SMILES string of the molecule is O=C(/C=C/c1cccc(C(F)(F)F)c1)Nc1ccc2ccccc2c1. The van der Waals surface area contributed by atoms with Gasteiger partial charge in [-0.1, -0.05) is 42.5 Å². The Hall–Kier alpha value is -3.08. The zero-order chi connectivity index (χ0) is 17.9. The molecule has 3 aromatic rings. The monoisotopic (exact) mass is 341 g/mol. The van der Waals surface area contributed by atoms with E-state index in [-0.39, 0.29) is 0 Å². The molecule has 0 aliphatic rings. The number of hydrogen-bond donors (Lipinski definition) is 1. The molecule has 0 bridgehead atoms. The number of fused-ring (bicyclic) bond motifs is 1. The third kappa shape index (κ3) is 4.26. The van der Waals surface area contributed by atoms with Gasteiger partial charge in [0.25, 0.3) is 0 Å². The number of anilines is 1. The lowest BCUT2D eigenvalue weighted by Gasteiger charge is -2.07. The number of hydrogen-bond acceptors (Lipinski definition) is 1. The van der Waals surface area contributed by atoms with Crippen molar-refractivity contribution < 1.29 is 18.0 Å². The van der Waals surface area contributed by atoms with Crippen LogP contribution in [0.15, 0.2) is 72.8 Å². The summed E-state index contributed by atoms with van der Waals surface area (Å²) < 4.78 is 38.0. The van der Waals surface area contributed by atoms with E-state index in [1.54, 1.807) is 6.07 Å². The zero-order valence-electron chi connectivity index (χ0n) is 13.0. The molecule has 2 nitrogen and oxygen atoms in total. The van der Waals surface area contributed by atoms with Gasteiger partial charge in [-0.15, -0.1) is 0 Å². The van der Waals surface area contributed by atoms with Crippen LogP contribution in [-0.2, 0) is 11.0 Å². The first kappa shape index (κ1) is 16.8. The molecule has 3 aromatic carbocycles. The first-order valence-electron chi connectivity index (χ1n) is 7.57. The van der Waals surface area contributed by atoms with Crippen LogP contribution in [0.4, 0.5) is 18.9 Å². The van der Waals surface area contributed by atoms with Gasteiger partial charge in [0.15, 0.2) is 0 Å². The molecule has 0 spiro atoms. The first-order valence-corrected chi connectivity index (χ1v) is 7.57. The van der Waals surface area contributed by atoms with Crippen molar-refractivity contribution in [1.29, 1.82) is 0 Å². The average molecular weight is 341 g/mol. The van der Waals surface area contributed by atoms with E-state index in [2.05, 4.69) is 5.32 Å². The number of rotatable bonds is 3. The number of nitrogens with one attached hydrogen (secondary N) is 1. The van der Waals surface area contributed by atoms with Crippen LogP contribution in [-0.4, -0.2) is 5.91 Å². The molecule has 25 heavy (non-hydrogen) atoms. The summed E-state index contributed by atoms with van der Waals surface area (Å²) in [5.74, 6) is -0.410. The van der Waals surface area contributed by atoms with Crippen molar-refractivity contribution in [2.45, 2.75) is 6.18 Å². The summed E-state index contributed by atoms with van der Waals surface area (Å²) in [5, 5.41) is 4.74. The highest BCUT2D eigenvalue weighted by Crippen LogP contribution is 2.29. The molecule has 0 fully saturated rings. The predicted octanol–water partition coefficient (Wildman–Crippen LogP) is 5.51. The molecule has 0 aliphatic heterocycles. The third-order valence-electron chi connectivity index (χ3n) is 3.66. The summed E-state index contributed by atoms with van der Waals surface area (Å²) in [7, 11) is 0. The van der Waals surface area contributed by atoms with E-state index in [9.17, 15) is 18.0 Å². The fourth-order valence-electron chi connectivity index (χ4n) is 2.44. The van der Waals surface area contributed by atoms with Gasteiger partial charge in [0.2, 0.25) is 5.91 Å². The minimum absolute atomic E-state index is 0.309. The first-order chi connectivity index (χ1) is 11.9. The molecule has 1 N–H and O–H groups in total. The summed E-state index contributed by atoms with van der Waals surface area (Å²) in [6.45, 7) is 0. The van der Waals surface area contributed by atoms with Crippen molar-refractivity contribution in [3.63, 3.8) is 0 Å². The Balaban J connectivity index is 1.72. The van der Waals surface area contributed by atoms with Crippen LogP contribution in [0.5, 0.6) is 0 Å². The van der Waals surface area contributed by atoms with Crippen LogP contribution < -0.4 is 5.32 Å². The van der Waals surface area contributed by atoms with Crippen LogP contribution in [0.2, 0.25) is 0 Å². The molecule has 126 valence electrons. The van der Waals surface area contributed by atoms with Gasteiger partial charge in [0.05, 0.1) is 5.56 Å².